The average molecular weight is 224 g/mol. The van der Waals surface area contributed by atoms with Gasteiger partial charge in [0.1, 0.15) is 0 Å². The molecule has 2 aromatic rings. The first-order valence-electron chi connectivity index (χ1n) is 5.47. The highest BCUT2D eigenvalue weighted by Crippen LogP contribution is 2.18. The Kier molecular flexibility index (Phi) is 2.52. The molecular formula is C12H10B2O3. The van der Waals surface area contributed by atoms with E-state index in [2.05, 4.69) is 0 Å². The third-order valence-electron chi connectivity index (χ3n) is 3.00. The maximum atomic E-state index is 9.90. The molecule has 2 N–H and O–H groups in total. The number of fused-ring (bicyclic) bond motifs is 3. The molecule has 0 unspecified atom stereocenters. The topological polar surface area (TPSA) is 49.7 Å². The molecule has 1 heterocycles. The fourth-order valence-corrected chi connectivity index (χ4v) is 2.18. The molecule has 82 valence electrons. The molecule has 3 rings (SSSR count). The van der Waals surface area contributed by atoms with Gasteiger partial charge in [0.2, 0.25) is 0 Å². The van der Waals surface area contributed by atoms with Gasteiger partial charge in [0.05, 0.1) is 0 Å². The Morgan fingerprint density at radius 3 is 1.59 bits per heavy atom. The van der Waals surface area contributed by atoms with Crippen molar-refractivity contribution in [2.75, 3.05) is 0 Å². The minimum atomic E-state index is -1.10. The van der Waals surface area contributed by atoms with Crippen LogP contribution in [-0.4, -0.2) is 24.3 Å². The summed E-state index contributed by atoms with van der Waals surface area (Å²) in [6.07, 6.45) is 0. The lowest BCUT2D eigenvalue weighted by Crippen LogP contribution is -2.42. The molecule has 1 aliphatic rings. The van der Waals surface area contributed by atoms with Crippen molar-refractivity contribution in [2.45, 2.75) is 0 Å². The van der Waals surface area contributed by atoms with E-state index < -0.39 is 14.2 Å². The highest BCUT2D eigenvalue weighted by Gasteiger charge is 2.33. The van der Waals surface area contributed by atoms with E-state index in [1.165, 1.54) is 0 Å². The zero-order valence-electron chi connectivity index (χ0n) is 9.08. The summed E-state index contributed by atoms with van der Waals surface area (Å²) in [6, 6.07) is 14.9. The van der Waals surface area contributed by atoms with Gasteiger partial charge < -0.3 is 14.6 Å². The molecule has 0 fully saturated rings. The second-order valence-electron chi connectivity index (χ2n) is 4.02. The summed E-state index contributed by atoms with van der Waals surface area (Å²) in [5, 5.41) is 19.8. The van der Waals surface area contributed by atoms with Gasteiger partial charge in [-0.2, -0.15) is 0 Å². The van der Waals surface area contributed by atoms with Gasteiger partial charge >= 0.3 is 14.2 Å². The summed E-state index contributed by atoms with van der Waals surface area (Å²) in [5.74, 6) is 0. The fraction of sp³-hybridized carbons (Fsp3) is 0. The third-order valence-corrected chi connectivity index (χ3v) is 3.00. The normalized spacial score (nSPS) is 14.0. The first-order chi connectivity index (χ1) is 8.27. The maximum Gasteiger partial charge on any atom is 0.478 e. The molecule has 0 atom stereocenters. The van der Waals surface area contributed by atoms with Crippen molar-refractivity contribution in [3.8, 4) is 11.1 Å². The molecule has 0 amide bonds. The first-order valence-corrected chi connectivity index (χ1v) is 5.47. The van der Waals surface area contributed by atoms with Gasteiger partial charge in [-0.25, -0.2) is 0 Å². The summed E-state index contributed by atoms with van der Waals surface area (Å²) in [7, 11) is -2.21. The van der Waals surface area contributed by atoms with Gasteiger partial charge in [-0.1, -0.05) is 48.5 Å². The zero-order chi connectivity index (χ0) is 11.8. The van der Waals surface area contributed by atoms with Crippen molar-refractivity contribution in [1.82, 2.24) is 0 Å². The number of hydrogen-bond acceptors (Lipinski definition) is 3. The zero-order valence-corrected chi connectivity index (χ0v) is 9.08. The van der Waals surface area contributed by atoms with E-state index >= 15 is 0 Å². The molecule has 5 heteroatoms. The van der Waals surface area contributed by atoms with E-state index in [1.54, 1.807) is 12.1 Å². The monoisotopic (exact) mass is 224 g/mol. The molecule has 0 saturated carbocycles. The third kappa shape index (κ3) is 1.69. The molecule has 0 radical (unpaired) electrons. The van der Waals surface area contributed by atoms with Crippen LogP contribution in [0, 0.1) is 0 Å². The second-order valence-corrected chi connectivity index (χ2v) is 4.02. The second kappa shape index (κ2) is 4.04. The molecule has 0 bridgehead atoms. The van der Waals surface area contributed by atoms with Crippen molar-refractivity contribution in [3.05, 3.63) is 48.5 Å². The van der Waals surface area contributed by atoms with Crippen LogP contribution < -0.4 is 10.9 Å². The number of rotatable bonds is 0. The maximum absolute atomic E-state index is 9.90. The fourth-order valence-electron chi connectivity index (χ4n) is 2.18. The van der Waals surface area contributed by atoms with Crippen LogP contribution in [0.3, 0.4) is 0 Å². The largest absolute Gasteiger partial charge is 0.478 e. The Bertz CT molecular complexity index is 509. The molecule has 2 aromatic carbocycles. The Labute approximate surface area is 100.0 Å². The van der Waals surface area contributed by atoms with Crippen molar-refractivity contribution >= 4 is 25.2 Å². The lowest BCUT2D eigenvalue weighted by atomic mass is 9.74. The molecular weight excluding hydrogens is 214 g/mol. The molecule has 0 spiro atoms. The van der Waals surface area contributed by atoms with E-state index in [9.17, 15) is 10.0 Å². The van der Waals surface area contributed by atoms with E-state index in [0.717, 1.165) is 11.1 Å². The van der Waals surface area contributed by atoms with Crippen molar-refractivity contribution in [2.24, 2.45) is 0 Å². The highest BCUT2D eigenvalue weighted by molar-refractivity contribution is 6.76. The van der Waals surface area contributed by atoms with Gasteiger partial charge in [0.15, 0.2) is 0 Å². The SMILES string of the molecule is OB1OB(O)c2ccccc2-c2ccccc21. The van der Waals surface area contributed by atoms with Gasteiger partial charge in [0, 0.05) is 0 Å². The number of hydrogen-bond donors (Lipinski definition) is 2. The van der Waals surface area contributed by atoms with Crippen molar-refractivity contribution in [1.29, 1.82) is 0 Å². The molecule has 0 aromatic heterocycles. The number of benzene rings is 2. The molecule has 0 saturated heterocycles. The van der Waals surface area contributed by atoms with Crippen LogP contribution in [0.25, 0.3) is 11.1 Å². The summed E-state index contributed by atoms with van der Waals surface area (Å²) < 4.78 is 5.18. The van der Waals surface area contributed by atoms with Crippen molar-refractivity contribution < 1.29 is 14.6 Å². The smallest absolute Gasteiger partial charge is 0.443 e. The van der Waals surface area contributed by atoms with Crippen LogP contribution in [0.5, 0.6) is 0 Å². The summed E-state index contributed by atoms with van der Waals surface area (Å²) in [6.45, 7) is 0. The van der Waals surface area contributed by atoms with E-state index in [4.69, 9.17) is 4.57 Å². The quantitative estimate of drug-likeness (QED) is 0.607. The van der Waals surface area contributed by atoms with Crippen LogP contribution in [0.15, 0.2) is 48.5 Å². The Balaban J connectivity index is 2.30. The predicted octanol–water partition coefficient (Wildman–Crippen LogP) is -0.241. The Morgan fingerprint density at radius 2 is 1.12 bits per heavy atom. The van der Waals surface area contributed by atoms with Gasteiger partial charge in [-0.15, -0.1) is 0 Å². The molecule has 1 aliphatic heterocycles. The minimum Gasteiger partial charge on any atom is -0.443 e. The molecule has 0 aliphatic carbocycles. The van der Waals surface area contributed by atoms with E-state index in [-0.39, 0.29) is 0 Å². The van der Waals surface area contributed by atoms with Crippen LogP contribution in [0.1, 0.15) is 0 Å². The summed E-state index contributed by atoms with van der Waals surface area (Å²) >= 11 is 0. The summed E-state index contributed by atoms with van der Waals surface area (Å²) in [4.78, 5) is 0. The lowest BCUT2D eigenvalue weighted by Gasteiger charge is -2.08. The Hall–Kier alpha value is -1.55. The average Bonchev–Trinajstić information content (AvgIpc) is 2.48. The molecule has 3 nitrogen and oxygen atoms in total. The first kappa shape index (κ1) is 10.6. The van der Waals surface area contributed by atoms with E-state index in [1.807, 2.05) is 36.4 Å². The van der Waals surface area contributed by atoms with Crippen LogP contribution >= 0.6 is 0 Å². The van der Waals surface area contributed by atoms with Crippen LogP contribution in [0.4, 0.5) is 0 Å². The minimum absolute atomic E-state index is 0.677. The molecule has 17 heavy (non-hydrogen) atoms. The van der Waals surface area contributed by atoms with Crippen molar-refractivity contribution in [3.63, 3.8) is 0 Å². The Morgan fingerprint density at radius 1 is 0.706 bits per heavy atom. The van der Waals surface area contributed by atoms with Crippen LogP contribution in [-0.2, 0) is 4.57 Å². The standard InChI is InChI=1S/C12H10B2O3/c15-13-11-7-3-1-5-9(11)10-6-2-4-8-12(10)14(16)17-13/h1-8,15-16H. The van der Waals surface area contributed by atoms with Crippen LogP contribution in [0.2, 0.25) is 0 Å². The van der Waals surface area contributed by atoms with Gasteiger partial charge in [-0.05, 0) is 22.1 Å². The summed E-state index contributed by atoms with van der Waals surface area (Å²) in [5.41, 5.74) is 3.15. The van der Waals surface area contributed by atoms with Gasteiger partial charge in [0.25, 0.3) is 0 Å². The highest BCUT2D eigenvalue weighted by atomic mass is 16.5. The lowest BCUT2D eigenvalue weighted by molar-refractivity contribution is 0.379. The van der Waals surface area contributed by atoms with E-state index in [0.29, 0.717) is 10.9 Å². The van der Waals surface area contributed by atoms with Gasteiger partial charge in [-0.3, -0.25) is 0 Å². The predicted molar refractivity (Wildman–Crippen MR) is 68.2 cm³/mol.